The molecule has 1 atom stereocenters. The fourth-order valence-corrected chi connectivity index (χ4v) is 2.80. The van der Waals surface area contributed by atoms with Gasteiger partial charge >= 0.3 is 0 Å². The molecule has 0 amide bonds. The third-order valence-electron chi connectivity index (χ3n) is 2.40. The lowest BCUT2D eigenvalue weighted by Crippen LogP contribution is -2.24. The van der Waals surface area contributed by atoms with Gasteiger partial charge in [0.15, 0.2) is 0 Å². The molecule has 0 saturated carbocycles. The molecule has 0 bridgehead atoms. The Hall–Kier alpha value is -0.780. The Morgan fingerprint density at radius 1 is 1.47 bits per heavy atom. The minimum Gasteiger partial charge on any atom is -0.497 e. The van der Waals surface area contributed by atoms with Crippen LogP contribution in [0.15, 0.2) is 18.2 Å². The molecular formula is C11H16ClNO3S. The molecule has 4 nitrogen and oxygen atoms in total. The van der Waals surface area contributed by atoms with Crippen molar-refractivity contribution in [1.82, 2.24) is 5.32 Å². The Morgan fingerprint density at radius 2 is 2.12 bits per heavy atom. The van der Waals surface area contributed by atoms with Gasteiger partial charge in [0.25, 0.3) is 0 Å². The van der Waals surface area contributed by atoms with Gasteiger partial charge in [0.2, 0.25) is 0 Å². The number of methoxy groups -OCH3 is 1. The van der Waals surface area contributed by atoms with Crippen molar-refractivity contribution >= 4 is 21.4 Å². The van der Waals surface area contributed by atoms with Crippen LogP contribution in [-0.4, -0.2) is 34.6 Å². The summed E-state index contributed by atoms with van der Waals surface area (Å²) < 4.78 is 27.6. The van der Waals surface area contributed by atoms with Crippen LogP contribution in [0.1, 0.15) is 11.6 Å². The number of halogens is 1. The fraction of sp³-hybridized carbons (Fsp3) is 0.455. The molecule has 1 rings (SSSR count). The predicted molar refractivity (Wildman–Crippen MR) is 69.5 cm³/mol. The van der Waals surface area contributed by atoms with Crippen LogP contribution in [0.25, 0.3) is 0 Å². The van der Waals surface area contributed by atoms with Gasteiger partial charge in [-0.25, -0.2) is 8.42 Å². The van der Waals surface area contributed by atoms with E-state index in [2.05, 4.69) is 5.32 Å². The molecule has 0 aliphatic heterocycles. The standard InChI is InChI=1S/C11H16ClNO3S/c1-13-11(7-17(3,14)15)9-5-4-8(16-2)6-10(9)12/h4-6,11,13H,7H2,1-3H3. The average Bonchev–Trinajstić information content (AvgIpc) is 2.24. The first-order valence-corrected chi connectivity index (χ1v) is 7.49. The molecule has 0 saturated heterocycles. The zero-order chi connectivity index (χ0) is 13.1. The molecule has 0 heterocycles. The van der Waals surface area contributed by atoms with Gasteiger partial charge in [0.1, 0.15) is 15.6 Å². The Balaban J connectivity index is 3.04. The largest absolute Gasteiger partial charge is 0.497 e. The normalized spacial score (nSPS) is 13.4. The summed E-state index contributed by atoms with van der Waals surface area (Å²) in [5.74, 6) is 0.656. The second kappa shape index (κ2) is 5.71. The van der Waals surface area contributed by atoms with E-state index in [-0.39, 0.29) is 11.8 Å². The first-order chi connectivity index (χ1) is 7.87. The maximum absolute atomic E-state index is 11.3. The Bertz CT molecular complexity index is 487. The number of hydrogen-bond acceptors (Lipinski definition) is 4. The second-order valence-corrected chi connectivity index (χ2v) is 6.41. The van der Waals surface area contributed by atoms with E-state index < -0.39 is 9.84 Å². The summed E-state index contributed by atoms with van der Waals surface area (Å²) in [6.45, 7) is 0. The maximum atomic E-state index is 11.3. The van der Waals surface area contributed by atoms with Crippen molar-refractivity contribution in [3.8, 4) is 5.75 Å². The number of rotatable bonds is 5. The zero-order valence-corrected chi connectivity index (χ0v) is 11.6. The molecule has 0 aliphatic carbocycles. The molecule has 0 aliphatic rings. The van der Waals surface area contributed by atoms with Crippen LogP contribution < -0.4 is 10.1 Å². The fourth-order valence-electron chi connectivity index (χ4n) is 1.55. The van der Waals surface area contributed by atoms with E-state index in [1.807, 2.05) is 0 Å². The van der Waals surface area contributed by atoms with E-state index in [0.717, 1.165) is 5.56 Å². The zero-order valence-electron chi connectivity index (χ0n) is 10.0. The third kappa shape index (κ3) is 4.18. The molecule has 0 aromatic heterocycles. The number of hydrogen-bond donors (Lipinski definition) is 1. The lowest BCUT2D eigenvalue weighted by atomic mass is 10.1. The van der Waals surface area contributed by atoms with Gasteiger partial charge in [-0.2, -0.15) is 0 Å². The molecule has 1 aromatic rings. The highest BCUT2D eigenvalue weighted by Crippen LogP contribution is 2.27. The van der Waals surface area contributed by atoms with Crippen LogP contribution in [0, 0.1) is 0 Å². The molecule has 1 unspecified atom stereocenters. The molecule has 17 heavy (non-hydrogen) atoms. The highest BCUT2D eigenvalue weighted by Gasteiger charge is 2.18. The van der Waals surface area contributed by atoms with Crippen LogP contribution in [0.3, 0.4) is 0 Å². The molecule has 96 valence electrons. The Morgan fingerprint density at radius 3 is 2.53 bits per heavy atom. The first kappa shape index (κ1) is 14.3. The summed E-state index contributed by atoms with van der Waals surface area (Å²) in [7, 11) is 0.189. The molecule has 1 aromatic carbocycles. The van der Waals surface area contributed by atoms with E-state index >= 15 is 0 Å². The molecular weight excluding hydrogens is 262 g/mol. The minimum absolute atomic E-state index is 0.00947. The van der Waals surface area contributed by atoms with Gasteiger partial charge in [-0.15, -0.1) is 0 Å². The van der Waals surface area contributed by atoms with Crippen LogP contribution >= 0.6 is 11.6 Å². The van der Waals surface area contributed by atoms with Gasteiger partial charge < -0.3 is 10.1 Å². The summed E-state index contributed by atoms with van der Waals surface area (Å²) in [5.41, 5.74) is 0.750. The highest BCUT2D eigenvalue weighted by atomic mass is 35.5. The number of sulfone groups is 1. The van der Waals surface area contributed by atoms with Crippen molar-refractivity contribution in [2.45, 2.75) is 6.04 Å². The minimum atomic E-state index is -3.07. The van der Waals surface area contributed by atoms with Crippen molar-refractivity contribution < 1.29 is 13.2 Å². The highest BCUT2D eigenvalue weighted by molar-refractivity contribution is 7.90. The molecule has 0 spiro atoms. The van der Waals surface area contributed by atoms with Crippen LogP contribution in [0.2, 0.25) is 5.02 Å². The summed E-state index contributed by atoms with van der Waals surface area (Å²) in [6.07, 6.45) is 1.20. The Kier molecular flexibility index (Phi) is 4.80. The van der Waals surface area contributed by atoms with Crippen LogP contribution in [0.4, 0.5) is 0 Å². The molecule has 0 radical (unpaired) electrons. The van der Waals surface area contributed by atoms with Gasteiger partial charge in [0, 0.05) is 17.3 Å². The van der Waals surface area contributed by atoms with Crippen molar-refractivity contribution in [3.63, 3.8) is 0 Å². The van der Waals surface area contributed by atoms with E-state index in [0.29, 0.717) is 10.8 Å². The molecule has 6 heteroatoms. The van der Waals surface area contributed by atoms with Gasteiger partial charge in [-0.1, -0.05) is 17.7 Å². The van der Waals surface area contributed by atoms with E-state index in [4.69, 9.17) is 16.3 Å². The quantitative estimate of drug-likeness (QED) is 0.889. The Labute approximate surface area is 107 Å². The number of ether oxygens (including phenoxy) is 1. The number of benzene rings is 1. The molecule has 0 fully saturated rings. The topological polar surface area (TPSA) is 55.4 Å². The lowest BCUT2D eigenvalue weighted by Gasteiger charge is -2.17. The average molecular weight is 278 g/mol. The van der Waals surface area contributed by atoms with E-state index in [1.54, 1.807) is 32.4 Å². The van der Waals surface area contributed by atoms with Gasteiger partial charge in [0.05, 0.1) is 12.9 Å². The predicted octanol–water partition coefficient (Wildman–Crippen LogP) is 1.65. The maximum Gasteiger partial charge on any atom is 0.149 e. The summed E-state index contributed by atoms with van der Waals surface area (Å²) in [4.78, 5) is 0. The SMILES string of the molecule is CNC(CS(C)(=O)=O)c1ccc(OC)cc1Cl. The van der Waals surface area contributed by atoms with Crippen molar-refractivity contribution in [1.29, 1.82) is 0 Å². The van der Waals surface area contributed by atoms with Gasteiger partial charge in [-0.3, -0.25) is 0 Å². The summed E-state index contributed by atoms with van der Waals surface area (Å²) >= 11 is 6.10. The second-order valence-electron chi connectivity index (χ2n) is 3.82. The first-order valence-electron chi connectivity index (χ1n) is 5.06. The summed E-state index contributed by atoms with van der Waals surface area (Å²) in [5, 5.41) is 3.44. The third-order valence-corrected chi connectivity index (χ3v) is 3.67. The van der Waals surface area contributed by atoms with Crippen LogP contribution in [0.5, 0.6) is 5.75 Å². The van der Waals surface area contributed by atoms with Crippen LogP contribution in [-0.2, 0) is 9.84 Å². The van der Waals surface area contributed by atoms with E-state index in [9.17, 15) is 8.42 Å². The monoisotopic (exact) mass is 277 g/mol. The smallest absolute Gasteiger partial charge is 0.149 e. The van der Waals surface area contributed by atoms with E-state index in [1.165, 1.54) is 6.26 Å². The van der Waals surface area contributed by atoms with Crippen molar-refractivity contribution in [2.75, 3.05) is 26.2 Å². The summed E-state index contributed by atoms with van der Waals surface area (Å²) in [6, 6.07) is 4.88. The molecule has 1 N–H and O–H groups in total. The number of nitrogens with one attached hydrogen (secondary N) is 1. The lowest BCUT2D eigenvalue weighted by molar-refractivity contribution is 0.414. The van der Waals surface area contributed by atoms with Crippen molar-refractivity contribution in [3.05, 3.63) is 28.8 Å². The van der Waals surface area contributed by atoms with Crippen molar-refractivity contribution in [2.24, 2.45) is 0 Å². The van der Waals surface area contributed by atoms with Gasteiger partial charge in [-0.05, 0) is 24.7 Å².